The Hall–Kier alpha value is -2.71. The van der Waals surface area contributed by atoms with Crippen LogP contribution in [0.2, 0.25) is 0 Å². The molecule has 5 heteroatoms. The monoisotopic (exact) mass is 350 g/mol. The van der Waals surface area contributed by atoms with Crippen molar-refractivity contribution in [3.8, 4) is 23.8 Å². The van der Waals surface area contributed by atoms with Crippen LogP contribution in [-0.4, -0.2) is 16.9 Å². The molecule has 2 aromatic rings. The van der Waals surface area contributed by atoms with Crippen LogP contribution in [0.25, 0.3) is 0 Å². The molecule has 134 valence electrons. The second-order valence-electron chi connectivity index (χ2n) is 6.78. The van der Waals surface area contributed by atoms with E-state index >= 15 is 0 Å². The number of nitrogens with one attached hydrogen (secondary N) is 1. The molecule has 26 heavy (non-hydrogen) atoms. The van der Waals surface area contributed by atoms with Gasteiger partial charge in [0.2, 0.25) is 6.79 Å². The number of ether oxygens (including phenoxy) is 2. The molecule has 0 radical (unpaired) electrons. The lowest BCUT2D eigenvalue weighted by molar-refractivity contribution is 0.174. The van der Waals surface area contributed by atoms with Crippen molar-refractivity contribution in [2.45, 2.75) is 38.3 Å². The predicted molar refractivity (Wildman–Crippen MR) is 99.0 cm³/mol. The molecule has 0 spiro atoms. The first-order chi connectivity index (χ1) is 12.8. The van der Waals surface area contributed by atoms with Crippen LogP contribution in [0.4, 0.5) is 5.82 Å². The molecule has 0 saturated carbocycles. The second kappa shape index (κ2) is 7.27. The summed E-state index contributed by atoms with van der Waals surface area (Å²) in [6.45, 7) is 0.273. The number of aryl methyl sites for hydroxylation is 1. The van der Waals surface area contributed by atoms with Crippen LogP contribution in [0.5, 0.6) is 11.5 Å². The van der Waals surface area contributed by atoms with Crippen LogP contribution >= 0.6 is 0 Å². The van der Waals surface area contributed by atoms with E-state index in [4.69, 9.17) is 15.9 Å². The highest BCUT2D eigenvalue weighted by atomic mass is 16.7. The molecule has 1 aliphatic heterocycles. The first-order valence-electron chi connectivity index (χ1n) is 8.96. The molecule has 2 N–H and O–H groups in total. The zero-order valence-corrected chi connectivity index (χ0v) is 14.6. The fourth-order valence-electron chi connectivity index (χ4n) is 3.81. The van der Waals surface area contributed by atoms with Gasteiger partial charge in [-0.1, -0.05) is 6.07 Å². The number of aliphatic hydroxyl groups is 1. The van der Waals surface area contributed by atoms with E-state index in [2.05, 4.69) is 28.4 Å². The minimum Gasteiger partial charge on any atom is -0.454 e. The Morgan fingerprint density at radius 3 is 2.85 bits per heavy atom. The van der Waals surface area contributed by atoms with Gasteiger partial charge in [-0.3, -0.25) is 0 Å². The first-order valence-corrected chi connectivity index (χ1v) is 8.96. The minimum absolute atomic E-state index is 0.00614. The molecule has 2 aliphatic rings. The summed E-state index contributed by atoms with van der Waals surface area (Å²) in [6, 6.07) is 8.11. The zero-order chi connectivity index (χ0) is 17.9. The van der Waals surface area contributed by atoms with Gasteiger partial charge >= 0.3 is 0 Å². The molecule has 1 aromatic carbocycles. The number of nitrogens with zero attached hydrogens (tertiary/aromatic N) is 1. The lowest BCUT2D eigenvalue weighted by Gasteiger charge is -2.34. The molecule has 0 saturated heterocycles. The molecule has 2 atom stereocenters. The van der Waals surface area contributed by atoms with Gasteiger partial charge in [-0.25, -0.2) is 4.98 Å². The third-order valence-corrected chi connectivity index (χ3v) is 5.20. The van der Waals surface area contributed by atoms with Gasteiger partial charge in [0.1, 0.15) is 5.82 Å². The van der Waals surface area contributed by atoms with Crippen LogP contribution in [-0.2, 0) is 13.0 Å². The lowest BCUT2D eigenvalue weighted by atomic mass is 9.77. The van der Waals surface area contributed by atoms with E-state index in [9.17, 15) is 5.11 Å². The second-order valence-corrected chi connectivity index (χ2v) is 6.78. The fourth-order valence-corrected chi connectivity index (χ4v) is 3.81. The topological polar surface area (TPSA) is 63.6 Å². The number of fused-ring (bicyclic) bond motifs is 2. The van der Waals surface area contributed by atoms with Crippen LogP contribution in [0.3, 0.4) is 0 Å². The van der Waals surface area contributed by atoms with Crippen molar-refractivity contribution < 1.29 is 14.6 Å². The molecule has 2 heterocycles. The summed E-state index contributed by atoms with van der Waals surface area (Å²) in [5, 5.41) is 12.8. The van der Waals surface area contributed by atoms with Gasteiger partial charge < -0.3 is 19.9 Å². The van der Waals surface area contributed by atoms with E-state index in [1.54, 1.807) is 6.20 Å². The van der Waals surface area contributed by atoms with E-state index in [0.717, 1.165) is 48.6 Å². The van der Waals surface area contributed by atoms with Crippen molar-refractivity contribution in [2.24, 2.45) is 5.92 Å². The van der Waals surface area contributed by atoms with Gasteiger partial charge in [0.05, 0.1) is 12.6 Å². The predicted octanol–water partition coefficient (Wildman–Crippen LogP) is 3.43. The van der Waals surface area contributed by atoms with Gasteiger partial charge in [-0.2, -0.15) is 0 Å². The third kappa shape index (κ3) is 3.21. The average molecular weight is 350 g/mol. The van der Waals surface area contributed by atoms with E-state index in [1.165, 1.54) is 11.1 Å². The third-order valence-electron chi connectivity index (χ3n) is 5.20. The maximum Gasteiger partial charge on any atom is 0.231 e. The summed E-state index contributed by atoms with van der Waals surface area (Å²) in [6.07, 6.45) is 11.0. The number of rotatable bonds is 5. The molecular formula is C21H22N2O3. The number of benzene rings is 1. The first kappa shape index (κ1) is 16.7. The van der Waals surface area contributed by atoms with E-state index in [-0.39, 0.29) is 19.4 Å². The van der Waals surface area contributed by atoms with Crippen molar-refractivity contribution in [3.63, 3.8) is 0 Å². The Balaban J connectivity index is 1.66. The Morgan fingerprint density at radius 2 is 2.12 bits per heavy atom. The number of aromatic nitrogens is 1. The zero-order valence-electron chi connectivity index (χ0n) is 14.6. The Kier molecular flexibility index (Phi) is 4.68. The van der Waals surface area contributed by atoms with Crippen molar-refractivity contribution >= 4 is 5.82 Å². The van der Waals surface area contributed by atoms with Gasteiger partial charge in [0.15, 0.2) is 11.5 Å². The number of pyridine rings is 1. The summed E-state index contributed by atoms with van der Waals surface area (Å²) in [5.41, 5.74) is 3.32. The summed E-state index contributed by atoms with van der Waals surface area (Å²) >= 11 is 0. The molecule has 4 rings (SSSR count). The van der Waals surface area contributed by atoms with Crippen molar-refractivity contribution in [2.75, 3.05) is 12.1 Å². The molecule has 0 bridgehead atoms. The molecule has 5 nitrogen and oxygen atoms in total. The number of aliphatic hydroxyl groups excluding tert-OH is 1. The summed E-state index contributed by atoms with van der Waals surface area (Å²) in [5.74, 6) is 5.62. The summed E-state index contributed by atoms with van der Waals surface area (Å²) in [7, 11) is 0. The Bertz CT molecular complexity index is 826. The average Bonchev–Trinajstić information content (AvgIpc) is 3.14. The highest BCUT2D eigenvalue weighted by molar-refractivity contribution is 5.53. The maximum atomic E-state index is 9.20. The number of anilines is 1. The molecule has 0 fully saturated rings. The largest absolute Gasteiger partial charge is 0.454 e. The van der Waals surface area contributed by atoms with E-state index in [0.29, 0.717) is 5.92 Å². The molecule has 1 aliphatic carbocycles. The van der Waals surface area contributed by atoms with Crippen molar-refractivity contribution in [3.05, 3.63) is 47.2 Å². The standard InChI is InChI=1S/C21H22N2O3/c1-2-3-4-15-6-7-16-9-18-19(26-13-25-18)10-17(16)21(15)23-20-8-5-14(12-24)11-22-20/h1,5,8-11,15,21,24H,3-4,6-7,12-13H2,(H,22,23). The minimum atomic E-state index is -0.00614. The summed E-state index contributed by atoms with van der Waals surface area (Å²) < 4.78 is 11.1. The highest BCUT2D eigenvalue weighted by Gasteiger charge is 2.32. The SMILES string of the molecule is C#CCCC1CCc2cc3c(cc2C1Nc1ccc(CO)cn1)OCO3. The Labute approximate surface area is 153 Å². The summed E-state index contributed by atoms with van der Waals surface area (Å²) in [4.78, 5) is 4.44. The fraction of sp³-hybridized carbons (Fsp3) is 0.381. The van der Waals surface area contributed by atoms with Crippen LogP contribution in [0.15, 0.2) is 30.5 Å². The van der Waals surface area contributed by atoms with Gasteiger partial charge in [-0.05, 0) is 60.1 Å². The molecular weight excluding hydrogens is 328 g/mol. The Morgan fingerprint density at radius 1 is 1.27 bits per heavy atom. The maximum absolute atomic E-state index is 9.20. The lowest BCUT2D eigenvalue weighted by Crippen LogP contribution is -2.27. The van der Waals surface area contributed by atoms with Crippen molar-refractivity contribution in [1.82, 2.24) is 4.98 Å². The smallest absolute Gasteiger partial charge is 0.231 e. The number of terminal acetylenes is 1. The quantitative estimate of drug-likeness (QED) is 0.809. The molecule has 0 amide bonds. The van der Waals surface area contributed by atoms with Crippen LogP contribution < -0.4 is 14.8 Å². The number of hydrogen-bond donors (Lipinski definition) is 2. The normalized spacial score (nSPS) is 20.3. The van der Waals surface area contributed by atoms with E-state index < -0.39 is 0 Å². The molecule has 2 unspecified atom stereocenters. The van der Waals surface area contributed by atoms with Crippen LogP contribution in [0.1, 0.15) is 42.0 Å². The van der Waals surface area contributed by atoms with Gasteiger partial charge in [0, 0.05) is 12.6 Å². The van der Waals surface area contributed by atoms with Crippen LogP contribution in [0, 0.1) is 18.3 Å². The van der Waals surface area contributed by atoms with E-state index in [1.807, 2.05) is 12.1 Å². The molecule has 1 aromatic heterocycles. The highest BCUT2D eigenvalue weighted by Crippen LogP contribution is 2.44. The van der Waals surface area contributed by atoms with Crippen molar-refractivity contribution in [1.29, 1.82) is 0 Å². The van der Waals surface area contributed by atoms with Gasteiger partial charge in [-0.15, -0.1) is 12.3 Å². The van der Waals surface area contributed by atoms with Gasteiger partial charge in [0.25, 0.3) is 0 Å². The number of hydrogen-bond acceptors (Lipinski definition) is 5.